The number of likely N-dealkylation sites (N-methyl/N-ethyl adjacent to an activating group) is 1. The maximum Gasteiger partial charge on any atom is 0.357 e. The number of nitro groups is 1. The van der Waals surface area contributed by atoms with Gasteiger partial charge in [-0.2, -0.15) is 0 Å². The second kappa shape index (κ2) is 6.81. The summed E-state index contributed by atoms with van der Waals surface area (Å²) in [4.78, 5) is 14.8. The molecule has 0 bridgehead atoms. The van der Waals surface area contributed by atoms with Crippen LogP contribution in [0.2, 0.25) is 0 Å². The molecule has 2 rings (SSSR count). The fourth-order valence-corrected chi connectivity index (χ4v) is 2.27. The van der Waals surface area contributed by atoms with Gasteiger partial charge in [0.15, 0.2) is 6.04 Å². The molecule has 0 unspecified atom stereocenters. The molecule has 110 valence electrons. The smallest absolute Gasteiger partial charge is 0.330 e. The van der Waals surface area contributed by atoms with E-state index in [1.165, 1.54) is 16.5 Å². The van der Waals surface area contributed by atoms with Crippen molar-refractivity contribution in [3.8, 4) is 0 Å². The molecule has 0 saturated carbocycles. The number of hydrogen-bond donors (Lipinski definition) is 2. The van der Waals surface area contributed by atoms with Gasteiger partial charge in [-0.15, -0.1) is 0 Å². The van der Waals surface area contributed by atoms with Gasteiger partial charge in [0.05, 0.1) is 25.2 Å². The van der Waals surface area contributed by atoms with Crippen LogP contribution in [0.25, 0.3) is 0 Å². The molecule has 2 aromatic rings. The Labute approximate surface area is 123 Å². The van der Waals surface area contributed by atoms with Gasteiger partial charge in [0.2, 0.25) is 0 Å². The van der Waals surface area contributed by atoms with Crippen LogP contribution in [-0.2, 0) is 0 Å². The maximum absolute atomic E-state index is 11.0. The number of nitrogens with zero attached hydrogens (tertiary/aromatic N) is 1. The summed E-state index contributed by atoms with van der Waals surface area (Å²) in [5.41, 5.74) is 1.25. The van der Waals surface area contributed by atoms with Crippen LogP contribution < -0.4 is 15.2 Å². The Morgan fingerprint density at radius 1 is 1.24 bits per heavy atom. The van der Waals surface area contributed by atoms with Crippen LogP contribution in [-0.4, -0.2) is 25.6 Å². The monoisotopic (exact) mass is 288 g/mol. The number of H-pyrrole nitrogens is 1. The highest BCUT2D eigenvalue weighted by Crippen LogP contribution is 2.18. The van der Waals surface area contributed by atoms with Gasteiger partial charge >= 0.3 is 11.5 Å². The molecule has 0 aliphatic rings. The molecule has 1 aromatic heterocycles. The van der Waals surface area contributed by atoms with Crippen LogP contribution >= 0.6 is 0 Å². The molecule has 3 N–H and O–H groups in total. The van der Waals surface area contributed by atoms with E-state index in [0.29, 0.717) is 12.4 Å². The molecule has 0 aliphatic heterocycles. The molecule has 6 nitrogen and oxygen atoms in total. The summed E-state index contributed by atoms with van der Waals surface area (Å²) in [6, 6.07) is 13.4. The van der Waals surface area contributed by atoms with Gasteiger partial charge in [-0.25, -0.2) is 4.98 Å². The van der Waals surface area contributed by atoms with Crippen LogP contribution in [0.1, 0.15) is 11.6 Å². The molecule has 1 aromatic carbocycles. The van der Waals surface area contributed by atoms with Crippen molar-refractivity contribution in [2.24, 2.45) is 0 Å². The number of pyridine rings is 1. The first-order valence-electron chi connectivity index (χ1n) is 6.83. The van der Waals surface area contributed by atoms with Crippen molar-refractivity contribution < 1.29 is 14.8 Å². The summed E-state index contributed by atoms with van der Waals surface area (Å²) in [5, 5.41) is 14.2. The second-order valence-corrected chi connectivity index (χ2v) is 5.11. The molecule has 21 heavy (non-hydrogen) atoms. The lowest BCUT2D eigenvalue weighted by Gasteiger charge is -2.20. The van der Waals surface area contributed by atoms with E-state index in [-0.39, 0.29) is 11.7 Å². The van der Waals surface area contributed by atoms with Crippen molar-refractivity contribution in [3.05, 3.63) is 64.3 Å². The van der Waals surface area contributed by atoms with Crippen LogP contribution in [0.5, 0.6) is 0 Å². The highest BCUT2D eigenvalue weighted by Gasteiger charge is 2.24. The Morgan fingerprint density at radius 3 is 2.57 bits per heavy atom. The molecule has 0 amide bonds. The quantitative estimate of drug-likeness (QED) is 0.607. The Hall–Kier alpha value is -2.47. The van der Waals surface area contributed by atoms with E-state index in [9.17, 15) is 10.1 Å². The van der Waals surface area contributed by atoms with Crippen LogP contribution in [0, 0.1) is 10.1 Å². The first-order valence-corrected chi connectivity index (χ1v) is 6.83. The zero-order chi connectivity index (χ0) is 15.2. The average molecular weight is 288 g/mol. The molecule has 1 atom stereocenters. The first kappa shape index (κ1) is 14.9. The van der Waals surface area contributed by atoms with E-state index in [1.54, 1.807) is 12.3 Å². The number of aromatic amines is 1. The summed E-state index contributed by atoms with van der Waals surface area (Å²) < 4.78 is 0. The molecule has 1 heterocycles. The fourth-order valence-electron chi connectivity index (χ4n) is 2.27. The van der Waals surface area contributed by atoms with Crippen molar-refractivity contribution in [1.82, 2.24) is 0 Å². The topological polar surface area (TPSA) is 73.8 Å². The van der Waals surface area contributed by atoms with Gasteiger partial charge in [0.1, 0.15) is 6.54 Å². The third-order valence-electron chi connectivity index (χ3n) is 3.41. The van der Waals surface area contributed by atoms with Crippen molar-refractivity contribution in [2.45, 2.75) is 6.04 Å². The molecule has 0 spiro atoms. The predicted octanol–water partition coefficient (Wildman–Crippen LogP) is 0.707. The Bertz CT molecular complexity index is 602. The minimum Gasteiger partial charge on any atom is -0.330 e. The van der Waals surface area contributed by atoms with Crippen molar-refractivity contribution in [1.29, 1.82) is 0 Å². The minimum absolute atomic E-state index is 0.0538. The molecule has 0 saturated heterocycles. The predicted molar refractivity (Wildman–Crippen MR) is 80.1 cm³/mol. The number of rotatable bonds is 6. The maximum atomic E-state index is 11.0. The van der Waals surface area contributed by atoms with Gasteiger partial charge in [-0.3, -0.25) is 15.4 Å². The first-order chi connectivity index (χ1) is 10.1. The standard InChI is InChI=1S/C15H18N4O2/c1-18(2)14(12-7-4-3-5-8-12)11-17-15-13(19(20)21)9-6-10-16-15/h3-10,14H,11H2,1-2H3,(H,16,17)/p+2/t14-/m0/s1. The number of nitrogens with one attached hydrogen (secondary N) is 3. The number of benzene rings is 1. The van der Waals surface area contributed by atoms with E-state index >= 15 is 0 Å². The lowest BCUT2D eigenvalue weighted by molar-refractivity contribution is -0.890. The Morgan fingerprint density at radius 2 is 1.95 bits per heavy atom. The van der Waals surface area contributed by atoms with Gasteiger partial charge in [-0.05, 0) is 6.07 Å². The number of quaternary nitrogens is 1. The molecule has 0 aliphatic carbocycles. The van der Waals surface area contributed by atoms with Gasteiger partial charge in [0, 0.05) is 11.6 Å². The number of aromatic nitrogens is 1. The average Bonchev–Trinajstić information content (AvgIpc) is 2.48. The van der Waals surface area contributed by atoms with Gasteiger partial charge < -0.3 is 4.90 Å². The summed E-state index contributed by atoms with van der Waals surface area (Å²) in [6.07, 6.45) is 1.68. The highest BCUT2D eigenvalue weighted by atomic mass is 16.6. The van der Waals surface area contributed by atoms with Crippen molar-refractivity contribution in [2.75, 3.05) is 26.0 Å². The number of hydrogen-bond acceptors (Lipinski definition) is 3. The zero-order valence-electron chi connectivity index (χ0n) is 12.2. The second-order valence-electron chi connectivity index (χ2n) is 5.11. The van der Waals surface area contributed by atoms with E-state index in [4.69, 9.17) is 0 Å². The molecule has 6 heteroatoms. The van der Waals surface area contributed by atoms with E-state index in [0.717, 1.165) is 0 Å². The van der Waals surface area contributed by atoms with Crippen LogP contribution in [0.3, 0.4) is 0 Å². The fraction of sp³-hybridized carbons (Fsp3) is 0.267. The Balaban J connectivity index is 2.15. The highest BCUT2D eigenvalue weighted by molar-refractivity contribution is 5.50. The van der Waals surface area contributed by atoms with Gasteiger partial charge in [0.25, 0.3) is 0 Å². The normalized spacial score (nSPS) is 12.1. The van der Waals surface area contributed by atoms with E-state index in [2.05, 4.69) is 36.5 Å². The SMILES string of the molecule is C[NH+](C)[C@@H](CNc1[nH+]cccc1[N+](=O)[O-])c1ccccc1. The third-order valence-corrected chi connectivity index (χ3v) is 3.41. The minimum atomic E-state index is -0.390. The summed E-state index contributed by atoms with van der Waals surface area (Å²) in [5.74, 6) is 0.435. The molecule has 0 radical (unpaired) electrons. The number of anilines is 1. The Kier molecular flexibility index (Phi) is 4.84. The third kappa shape index (κ3) is 3.76. The van der Waals surface area contributed by atoms with Crippen molar-refractivity contribution in [3.63, 3.8) is 0 Å². The summed E-state index contributed by atoms with van der Waals surface area (Å²) in [6.45, 7) is 0.605. The van der Waals surface area contributed by atoms with E-state index in [1.807, 2.05) is 18.2 Å². The van der Waals surface area contributed by atoms with E-state index < -0.39 is 4.92 Å². The van der Waals surface area contributed by atoms with Gasteiger partial charge in [-0.1, -0.05) is 30.3 Å². The van der Waals surface area contributed by atoms with Crippen LogP contribution in [0.4, 0.5) is 11.5 Å². The lowest BCUT2D eigenvalue weighted by atomic mass is 10.1. The van der Waals surface area contributed by atoms with Crippen LogP contribution in [0.15, 0.2) is 48.7 Å². The van der Waals surface area contributed by atoms with Crippen molar-refractivity contribution >= 4 is 11.5 Å². The molecular formula is C15H20N4O2+2. The zero-order valence-corrected chi connectivity index (χ0v) is 12.2. The summed E-state index contributed by atoms with van der Waals surface area (Å²) in [7, 11) is 4.14. The largest absolute Gasteiger partial charge is 0.357 e. The molecular weight excluding hydrogens is 268 g/mol. The lowest BCUT2D eigenvalue weighted by Crippen LogP contribution is -3.06. The summed E-state index contributed by atoms with van der Waals surface area (Å²) >= 11 is 0. The molecule has 0 fully saturated rings.